The van der Waals surface area contributed by atoms with E-state index in [4.69, 9.17) is 25.7 Å². The van der Waals surface area contributed by atoms with Crippen LogP contribution in [0.15, 0.2) is 48.5 Å². The molecule has 0 aliphatic rings. The fraction of sp³-hybridized carbons (Fsp3) is 0.188. The zero-order valence-electron chi connectivity index (χ0n) is 11.6. The van der Waals surface area contributed by atoms with Gasteiger partial charge in [-0.05, 0) is 42.0 Å². The number of hydrogen-bond acceptors (Lipinski definition) is 4. The standard InChI is InChI=1S/C16H18N2O3/c17-16(18)13-4-6-14(7-5-13)20-8-9-21-15-3-1-2-12(10-15)11-19/h1-7,10,19H,8-9,11H2,(H3,17,18). The van der Waals surface area contributed by atoms with Crippen molar-refractivity contribution in [3.63, 3.8) is 0 Å². The minimum absolute atomic E-state index is 0.00377. The smallest absolute Gasteiger partial charge is 0.122 e. The molecule has 0 amide bonds. The molecule has 0 unspecified atom stereocenters. The van der Waals surface area contributed by atoms with Gasteiger partial charge in [0.1, 0.15) is 30.5 Å². The minimum Gasteiger partial charge on any atom is -0.490 e. The Morgan fingerprint density at radius 1 is 1.00 bits per heavy atom. The highest BCUT2D eigenvalue weighted by molar-refractivity contribution is 5.94. The van der Waals surface area contributed by atoms with Crippen molar-refractivity contribution in [3.05, 3.63) is 59.7 Å². The normalized spacial score (nSPS) is 10.1. The Morgan fingerprint density at radius 3 is 2.29 bits per heavy atom. The first-order valence-electron chi connectivity index (χ1n) is 6.59. The molecule has 0 heterocycles. The molecule has 0 aliphatic heterocycles. The molecule has 2 aromatic rings. The summed E-state index contributed by atoms with van der Waals surface area (Å²) >= 11 is 0. The number of nitrogens with one attached hydrogen (secondary N) is 1. The molecule has 110 valence electrons. The molecule has 0 spiro atoms. The first kappa shape index (κ1) is 14.9. The summed E-state index contributed by atoms with van der Waals surface area (Å²) in [4.78, 5) is 0. The molecule has 0 aliphatic carbocycles. The maximum atomic E-state index is 9.04. The van der Waals surface area contributed by atoms with E-state index in [9.17, 15) is 0 Å². The zero-order valence-corrected chi connectivity index (χ0v) is 11.6. The van der Waals surface area contributed by atoms with Crippen molar-refractivity contribution in [2.75, 3.05) is 13.2 Å². The third-order valence-electron chi connectivity index (χ3n) is 2.87. The Balaban J connectivity index is 1.77. The summed E-state index contributed by atoms with van der Waals surface area (Å²) in [6.45, 7) is 0.808. The average molecular weight is 286 g/mol. The maximum absolute atomic E-state index is 9.04. The van der Waals surface area contributed by atoms with E-state index in [0.717, 1.165) is 5.56 Å². The zero-order chi connectivity index (χ0) is 15.1. The maximum Gasteiger partial charge on any atom is 0.122 e. The van der Waals surface area contributed by atoms with Crippen molar-refractivity contribution in [3.8, 4) is 11.5 Å². The topological polar surface area (TPSA) is 88.6 Å². The molecule has 5 nitrogen and oxygen atoms in total. The molecule has 0 aromatic heterocycles. The lowest BCUT2D eigenvalue weighted by molar-refractivity contribution is 0.216. The van der Waals surface area contributed by atoms with Crippen LogP contribution < -0.4 is 15.2 Å². The summed E-state index contributed by atoms with van der Waals surface area (Å²) in [7, 11) is 0. The Labute approximate surface area is 123 Å². The van der Waals surface area contributed by atoms with Crippen LogP contribution in [0.5, 0.6) is 11.5 Å². The molecule has 5 heteroatoms. The molecule has 4 N–H and O–H groups in total. The Morgan fingerprint density at radius 2 is 1.67 bits per heavy atom. The van der Waals surface area contributed by atoms with Crippen LogP contribution in [0.2, 0.25) is 0 Å². The third-order valence-corrected chi connectivity index (χ3v) is 2.87. The lowest BCUT2D eigenvalue weighted by Crippen LogP contribution is -2.11. The van der Waals surface area contributed by atoms with Gasteiger partial charge in [-0.1, -0.05) is 12.1 Å². The third kappa shape index (κ3) is 4.50. The molecule has 0 atom stereocenters. The van der Waals surface area contributed by atoms with Gasteiger partial charge >= 0.3 is 0 Å². The largest absolute Gasteiger partial charge is 0.490 e. The van der Waals surface area contributed by atoms with Crippen molar-refractivity contribution in [1.82, 2.24) is 0 Å². The van der Waals surface area contributed by atoms with E-state index in [0.29, 0.717) is 30.3 Å². The van der Waals surface area contributed by atoms with Gasteiger partial charge < -0.3 is 20.3 Å². The molecular weight excluding hydrogens is 268 g/mol. The number of aliphatic hydroxyl groups is 1. The Bertz CT molecular complexity index is 597. The lowest BCUT2D eigenvalue weighted by atomic mass is 10.2. The van der Waals surface area contributed by atoms with Crippen LogP contribution in [0.3, 0.4) is 0 Å². The monoisotopic (exact) mass is 286 g/mol. The summed E-state index contributed by atoms with van der Waals surface area (Å²) in [6, 6.07) is 14.3. The Kier molecular flexibility index (Phi) is 5.17. The van der Waals surface area contributed by atoms with Crippen LogP contribution >= 0.6 is 0 Å². The van der Waals surface area contributed by atoms with E-state index in [-0.39, 0.29) is 12.4 Å². The highest BCUT2D eigenvalue weighted by Gasteiger charge is 1.99. The van der Waals surface area contributed by atoms with Crippen LogP contribution in [0.25, 0.3) is 0 Å². The van der Waals surface area contributed by atoms with E-state index in [2.05, 4.69) is 0 Å². The van der Waals surface area contributed by atoms with Crippen molar-refractivity contribution in [2.45, 2.75) is 6.61 Å². The van der Waals surface area contributed by atoms with Crippen molar-refractivity contribution >= 4 is 5.84 Å². The lowest BCUT2D eigenvalue weighted by Gasteiger charge is -2.09. The summed E-state index contributed by atoms with van der Waals surface area (Å²) in [6.07, 6.45) is 0. The van der Waals surface area contributed by atoms with Crippen LogP contribution in [0.1, 0.15) is 11.1 Å². The average Bonchev–Trinajstić information content (AvgIpc) is 2.52. The van der Waals surface area contributed by atoms with Crippen LogP contribution in [-0.2, 0) is 6.61 Å². The van der Waals surface area contributed by atoms with Crippen LogP contribution in [0.4, 0.5) is 0 Å². The van der Waals surface area contributed by atoms with E-state index in [1.54, 1.807) is 30.3 Å². The summed E-state index contributed by atoms with van der Waals surface area (Å²) < 4.78 is 11.1. The molecule has 0 radical (unpaired) electrons. The van der Waals surface area contributed by atoms with Crippen LogP contribution in [0, 0.1) is 5.41 Å². The number of nitrogens with two attached hydrogens (primary N) is 1. The SMILES string of the molecule is N=C(N)c1ccc(OCCOc2cccc(CO)c2)cc1. The van der Waals surface area contributed by atoms with Crippen molar-refractivity contribution in [1.29, 1.82) is 5.41 Å². The van der Waals surface area contributed by atoms with E-state index in [1.807, 2.05) is 18.2 Å². The molecule has 0 saturated carbocycles. The van der Waals surface area contributed by atoms with E-state index in [1.165, 1.54) is 0 Å². The van der Waals surface area contributed by atoms with Gasteiger partial charge in [-0.15, -0.1) is 0 Å². The molecule has 2 rings (SSSR count). The molecule has 2 aromatic carbocycles. The second kappa shape index (κ2) is 7.31. The van der Waals surface area contributed by atoms with Crippen molar-refractivity contribution in [2.24, 2.45) is 5.73 Å². The van der Waals surface area contributed by atoms with Gasteiger partial charge in [0.15, 0.2) is 0 Å². The number of ether oxygens (including phenoxy) is 2. The fourth-order valence-electron chi connectivity index (χ4n) is 1.78. The predicted molar refractivity (Wildman–Crippen MR) is 80.8 cm³/mol. The number of aliphatic hydroxyl groups excluding tert-OH is 1. The number of benzene rings is 2. The number of amidine groups is 1. The van der Waals surface area contributed by atoms with E-state index < -0.39 is 0 Å². The predicted octanol–water partition coefficient (Wildman–Crippen LogP) is 1.92. The van der Waals surface area contributed by atoms with Gasteiger partial charge in [0.25, 0.3) is 0 Å². The second-order valence-corrected chi connectivity index (χ2v) is 4.44. The van der Waals surface area contributed by atoms with Gasteiger partial charge in [-0.3, -0.25) is 5.41 Å². The summed E-state index contributed by atoms with van der Waals surface area (Å²) in [5, 5.41) is 16.3. The van der Waals surface area contributed by atoms with Crippen LogP contribution in [-0.4, -0.2) is 24.2 Å². The number of rotatable bonds is 7. The quantitative estimate of drug-likeness (QED) is 0.412. The number of hydrogen-bond donors (Lipinski definition) is 3. The Hall–Kier alpha value is -2.53. The number of nitrogen functional groups attached to an aromatic ring is 1. The molecule has 21 heavy (non-hydrogen) atoms. The van der Waals surface area contributed by atoms with Gasteiger partial charge in [0.2, 0.25) is 0 Å². The van der Waals surface area contributed by atoms with Crippen molar-refractivity contribution < 1.29 is 14.6 Å². The molecule has 0 fully saturated rings. The second-order valence-electron chi connectivity index (χ2n) is 4.44. The van der Waals surface area contributed by atoms with Gasteiger partial charge in [-0.25, -0.2) is 0 Å². The first-order chi connectivity index (χ1) is 10.2. The van der Waals surface area contributed by atoms with Gasteiger partial charge in [0.05, 0.1) is 6.61 Å². The van der Waals surface area contributed by atoms with Gasteiger partial charge in [-0.2, -0.15) is 0 Å². The minimum atomic E-state index is -0.00377. The summed E-state index contributed by atoms with van der Waals surface area (Å²) in [5.74, 6) is 1.44. The van der Waals surface area contributed by atoms with E-state index >= 15 is 0 Å². The highest BCUT2D eigenvalue weighted by atomic mass is 16.5. The van der Waals surface area contributed by atoms with Gasteiger partial charge in [0, 0.05) is 5.56 Å². The fourth-order valence-corrected chi connectivity index (χ4v) is 1.78. The molecular formula is C16H18N2O3. The summed E-state index contributed by atoms with van der Waals surface area (Å²) in [5.41, 5.74) is 6.86. The first-order valence-corrected chi connectivity index (χ1v) is 6.59. The molecule has 0 bridgehead atoms. The molecule has 0 saturated heterocycles. The highest BCUT2D eigenvalue weighted by Crippen LogP contribution is 2.14.